The van der Waals surface area contributed by atoms with Gasteiger partial charge in [-0.25, -0.2) is 0 Å². The van der Waals surface area contributed by atoms with Crippen molar-refractivity contribution in [2.75, 3.05) is 13.1 Å². The fourth-order valence-electron chi connectivity index (χ4n) is 3.01. The summed E-state index contributed by atoms with van der Waals surface area (Å²) in [7, 11) is 0. The highest BCUT2D eigenvalue weighted by Gasteiger charge is 2.24. The Balaban J connectivity index is 2.07. The standard InChI is InChI=1S/C17H34N2O/c1-4-5-6-7-8-9-10-11-12-15(2)17-18-13-14-19(17)16(3)20/h15-16,20H,4-14H2,1-3H3. The van der Waals surface area contributed by atoms with E-state index in [0.717, 1.165) is 18.9 Å². The summed E-state index contributed by atoms with van der Waals surface area (Å²) in [4.78, 5) is 6.62. The molecule has 0 fully saturated rings. The largest absolute Gasteiger partial charge is 0.374 e. The molecule has 1 rings (SSSR count). The summed E-state index contributed by atoms with van der Waals surface area (Å²) in [6.45, 7) is 8.09. The van der Waals surface area contributed by atoms with E-state index in [1.54, 1.807) is 0 Å². The summed E-state index contributed by atoms with van der Waals surface area (Å²) in [5.41, 5.74) is 0. The molecule has 0 aromatic heterocycles. The van der Waals surface area contributed by atoms with Gasteiger partial charge in [0.2, 0.25) is 0 Å². The van der Waals surface area contributed by atoms with Crippen LogP contribution in [0.15, 0.2) is 4.99 Å². The van der Waals surface area contributed by atoms with Gasteiger partial charge in [0.25, 0.3) is 0 Å². The fraction of sp³-hybridized carbons (Fsp3) is 0.941. The first kappa shape index (κ1) is 17.5. The van der Waals surface area contributed by atoms with Crippen molar-refractivity contribution in [1.29, 1.82) is 0 Å². The fourth-order valence-corrected chi connectivity index (χ4v) is 3.01. The molecule has 0 aromatic carbocycles. The second-order valence-corrected chi connectivity index (χ2v) is 6.23. The van der Waals surface area contributed by atoms with Crippen LogP contribution in [0.25, 0.3) is 0 Å². The van der Waals surface area contributed by atoms with Gasteiger partial charge >= 0.3 is 0 Å². The summed E-state index contributed by atoms with van der Waals surface area (Å²) in [6.07, 6.45) is 11.8. The quantitative estimate of drug-likeness (QED) is 0.576. The molecule has 3 heteroatoms. The first-order valence-corrected chi connectivity index (χ1v) is 8.65. The van der Waals surface area contributed by atoms with Crippen LogP contribution < -0.4 is 0 Å². The highest BCUT2D eigenvalue weighted by atomic mass is 16.3. The Morgan fingerprint density at radius 2 is 1.65 bits per heavy atom. The number of unbranched alkanes of at least 4 members (excludes halogenated alkanes) is 7. The van der Waals surface area contributed by atoms with Crippen molar-refractivity contribution in [3.63, 3.8) is 0 Å². The number of aliphatic hydroxyl groups excluding tert-OH is 1. The molecule has 0 aliphatic carbocycles. The van der Waals surface area contributed by atoms with Crippen LogP contribution in [-0.2, 0) is 0 Å². The highest BCUT2D eigenvalue weighted by Crippen LogP contribution is 2.19. The van der Waals surface area contributed by atoms with E-state index in [4.69, 9.17) is 0 Å². The molecule has 3 nitrogen and oxygen atoms in total. The lowest BCUT2D eigenvalue weighted by Gasteiger charge is -2.27. The number of aliphatic hydroxyl groups is 1. The highest BCUT2D eigenvalue weighted by molar-refractivity contribution is 5.85. The minimum Gasteiger partial charge on any atom is -0.374 e. The number of amidine groups is 1. The molecule has 1 heterocycles. The van der Waals surface area contributed by atoms with Gasteiger partial charge in [-0.2, -0.15) is 0 Å². The summed E-state index contributed by atoms with van der Waals surface area (Å²) in [6, 6.07) is 0. The van der Waals surface area contributed by atoms with Gasteiger partial charge in [0.05, 0.1) is 6.54 Å². The molecule has 0 saturated heterocycles. The number of hydrogen-bond donors (Lipinski definition) is 1. The van der Waals surface area contributed by atoms with Crippen molar-refractivity contribution in [3.8, 4) is 0 Å². The first-order chi connectivity index (χ1) is 9.66. The molecule has 1 aliphatic rings. The van der Waals surface area contributed by atoms with Crippen molar-refractivity contribution >= 4 is 5.84 Å². The minimum absolute atomic E-state index is 0.391. The van der Waals surface area contributed by atoms with Crippen LogP contribution in [0.5, 0.6) is 0 Å². The van der Waals surface area contributed by atoms with E-state index < -0.39 is 6.23 Å². The minimum atomic E-state index is -0.391. The number of hydrogen-bond acceptors (Lipinski definition) is 3. The molecule has 2 unspecified atom stereocenters. The maximum Gasteiger partial charge on any atom is 0.125 e. The van der Waals surface area contributed by atoms with E-state index in [-0.39, 0.29) is 0 Å². The molecular weight excluding hydrogens is 248 g/mol. The molecule has 0 radical (unpaired) electrons. The van der Waals surface area contributed by atoms with E-state index in [9.17, 15) is 5.11 Å². The maximum absolute atomic E-state index is 9.73. The van der Waals surface area contributed by atoms with Crippen LogP contribution in [0, 0.1) is 5.92 Å². The molecule has 0 aromatic rings. The second kappa shape index (κ2) is 10.2. The van der Waals surface area contributed by atoms with Crippen LogP contribution in [-0.4, -0.2) is 35.2 Å². The molecule has 1 aliphatic heterocycles. The summed E-state index contributed by atoms with van der Waals surface area (Å²) in [5, 5.41) is 9.73. The molecular formula is C17H34N2O. The van der Waals surface area contributed by atoms with Crippen molar-refractivity contribution in [1.82, 2.24) is 4.90 Å². The Kier molecular flexibility index (Phi) is 8.92. The summed E-state index contributed by atoms with van der Waals surface area (Å²) < 4.78 is 0. The smallest absolute Gasteiger partial charge is 0.125 e. The molecule has 0 saturated carbocycles. The zero-order valence-corrected chi connectivity index (χ0v) is 13.8. The predicted molar refractivity (Wildman–Crippen MR) is 87.1 cm³/mol. The summed E-state index contributed by atoms with van der Waals surface area (Å²) >= 11 is 0. The van der Waals surface area contributed by atoms with Gasteiger partial charge in [-0.05, 0) is 13.3 Å². The van der Waals surface area contributed by atoms with E-state index in [2.05, 4.69) is 23.7 Å². The van der Waals surface area contributed by atoms with Crippen LogP contribution in [0.3, 0.4) is 0 Å². The predicted octanol–water partition coefficient (Wildman–Crippen LogP) is 4.21. The van der Waals surface area contributed by atoms with E-state index >= 15 is 0 Å². The van der Waals surface area contributed by atoms with Gasteiger partial charge in [0.1, 0.15) is 12.1 Å². The maximum atomic E-state index is 9.73. The zero-order valence-electron chi connectivity index (χ0n) is 13.8. The Hall–Kier alpha value is -0.570. The van der Waals surface area contributed by atoms with Gasteiger partial charge in [0.15, 0.2) is 0 Å². The van der Waals surface area contributed by atoms with Crippen LogP contribution in [0.1, 0.15) is 78.6 Å². The van der Waals surface area contributed by atoms with Crippen LogP contribution >= 0.6 is 0 Å². The van der Waals surface area contributed by atoms with E-state index in [0.29, 0.717) is 5.92 Å². The van der Waals surface area contributed by atoms with Crippen molar-refractivity contribution in [2.45, 2.75) is 84.8 Å². The van der Waals surface area contributed by atoms with Gasteiger partial charge in [-0.1, -0.05) is 65.2 Å². The first-order valence-electron chi connectivity index (χ1n) is 8.65. The molecule has 2 atom stereocenters. The molecule has 118 valence electrons. The third kappa shape index (κ3) is 6.25. The van der Waals surface area contributed by atoms with Gasteiger partial charge in [0, 0.05) is 12.5 Å². The lowest BCUT2D eigenvalue weighted by atomic mass is 10.00. The molecule has 0 spiro atoms. The Bertz CT molecular complexity index is 276. The van der Waals surface area contributed by atoms with Crippen molar-refractivity contribution < 1.29 is 5.11 Å². The zero-order chi connectivity index (χ0) is 14.8. The third-order valence-electron chi connectivity index (χ3n) is 4.29. The third-order valence-corrected chi connectivity index (χ3v) is 4.29. The number of rotatable bonds is 11. The van der Waals surface area contributed by atoms with Crippen LogP contribution in [0.2, 0.25) is 0 Å². The topological polar surface area (TPSA) is 35.8 Å². The Labute approximate surface area is 125 Å². The molecule has 1 N–H and O–H groups in total. The van der Waals surface area contributed by atoms with Crippen molar-refractivity contribution in [3.05, 3.63) is 0 Å². The monoisotopic (exact) mass is 282 g/mol. The average molecular weight is 282 g/mol. The summed E-state index contributed by atoms with van der Waals surface area (Å²) in [5.74, 6) is 1.62. The SMILES string of the molecule is CCCCCCCCCCC(C)C1=NCCN1C(C)O. The lowest BCUT2D eigenvalue weighted by Crippen LogP contribution is -2.39. The Morgan fingerprint density at radius 1 is 1.05 bits per heavy atom. The number of nitrogens with zero attached hydrogens (tertiary/aromatic N) is 2. The van der Waals surface area contributed by atoms with E-state index in [1.807, 2.05) is 6.92 Å². The second-order valence-electron chi connectivity index (χ2n) is 6.23. The van der Waals surface area contributed by atoms with Crippen molar-refractivity contribution in [2.24, 2.45) is 10.9 Å². The van der Waals surface area contributed by atoms with Gasteiger partial charge in [-0.3, -0.25) is 4.99 Å². The average Bonchev–Trinajstić information content (AvgIpc) is 2.91. The molecule has 0 amide bonds. The molecule has 20 heavy (non-hydrogen) atoms. The van der Waals surface area contributed by atoms with Gasteiger partial charge < -0.3 is 10.0 Å². The molecule has 0 bridgehead atoms. The van der Waals surface area contributed by atoms with E-state index in [1.165, 1.54) is 57.8 Å². The normalized spacial score (nSPS) is 18.2. The lowest BCUT2D eigenvalue weighted by molar-refractivity contribution is 0.0746. The van der Waals surface area contributed by atoms with Gasteiger partial charge in [-0.15, -0.1) is 0 Å². The number of aliphatic imine (C=N–C) groups is 1. The Morgan fingerprint density at radius 3 is 2.25 bits per heavy atom. The van der Waals surface area contributed by atoms with Crippen LogP contribution in [0.4, 0.5) is 0 Å².